The first-order valence-electron chi connectivity index (χ1n) is 11.5. The Morgan fingerprint density at radius 1 is 1.06 bits per heavy atom. The van der Waals surface area contributed by atoms with Gasteiger partial charge in [0.15, 0.2) is 5.78 Å². The van der Waals surface area contributed by atoms with Gasteiger partial charge in [-0.25, -0.2) is 8.42 Å². The lowest BCUT2D eigenvalue weighted by Gasteiger charge is -2.26. The van der Waals surface area contributed by atoms with Crippen molar-refractivity contribution in [3.63, 3.8) is 0 Å². The van der Waals surface area contributed by atoms with E-state index in [1.807, 2.05) is 38.1 Å². The second kappa shape index (κ2) is 9.48. The van der Waals surface area contributed by atoms with Gasteiger partial charge in [0.1, 0.15) is 11.4 Å². The molecule has 4 rings (SSSR count). The maximum Gasteiger partial charge on any atom is 0.246 e. The summed E-state index contributed by atoms with van der Waals surface area (Å²) in [5, 5.41) is 4.43. The molecule has 0 saturated carbocycles. The number of hydrogen-bond acceptors (Lipinski definition) is 5. The maximum atomic E-state index is 13.3. The van der Waals surface area contributed by atoms with Crippen molar-refractivity contribution in [3.8, 4) is 0 Å². The van der Waals surface area contributed by atoms with E-state index in [1.54, 1.807) is 13.8 Å². The summed E-state index contributed by atoms with van der Waals surface area (Å²) in [6.45, 7) is 10.8. The van der Waals surface area contributed by atoms with Crippen LogP contribution in [0.25, 0.3) is 0 Å². The normalized spacial score (nSPS) is 16.0. The van der Waals surface area contributed by atoms with Crippen LogP contribution in [-0.2, 0) is 21.3 Å². The average Bonchev–Trinajstić information content (AvgIpc) is 3.28. The fraction of sp³-hybridized carbons (Fsp3) is 0.440. The van der Waals surface area contributed by atoms with Crippen molar-refractivity contribution in [1.29, 1.82) is 0 Å². The van der Waals surface area contributed by atoms with Gasteiger partial charge in [0.2, 0.25) is 10.0 Å². The molecule has 0 bridgehead atoms. The lowest BCUT2D eigenvalue weighted by molar-refractivity contribution is 0.0730. The van der Waals surface area contributed by atoms with Crippen LogP contribution in [0.4, 0.5) is 0 Å². The van der Waals surface area contributed by atoms with E-state index in [0.717, 1.165) is 11.4 Å². The molecule has 0 unspecified atom stereocenters. The van der Waals surface area contributed by atoms with Crippen molar-refractivity contribution < 1.29 is 17.9 Å². The molecule has 3 heterocycles. The minimum atomic E-state index is -3.70. The number of rotatable bonds is 7. The second-order valence-electron chi connectivity index (χ2n) is 8.84. The zero-order valence-electron chi connectivity index (χ0n) is 20.4. The molecule has 1 aromatic carbocycles. The zero-order chi connectivity index (χ0) is 24.6. The summed E-state index contributed by atoms with van der Waals surface area (Å²) in [5.41, 5.74) is 4.57. The summed E-state index contributed by atoms with van der Waals surface area (Å²) in [6.07, 6.45) is 0. The van der Waals surface area contributed by atoms with Gasteiger partial charge >= 0.3 is 0 Å². The molecule has 0 aliphatic carbocycles. The van der Waals surface area contributed by atoms with Gasteiger partial charge in [-0.15, -0.1) is 0 Å². The van der Waals surface area contributed by atoms with Gasteiger partial charge in [-0.3, -0.25) is 9.48 Å². The van der Waals surface area contributed by atoms with Crippen LogP contribution in [0.2, 0.25) is 0 Å². The van der Waals surface area contributed by atoms with Crippen LogP contribution in [0.15, 0.2) is 41.3 Å². The summed E-state index contributed by atoms with van der Waals surface area (Å²) in [6, 6.07) is 12.2. The number of hydrogen-bond donors (Lipinski definition) is 0. The lowest BCUT2D eigenvalue weighted by atomic mass is 10.1. The van der Waals surface area contributed by atoms with E-state index in [9.17, 15) is 13.2 Å². The van der Waals surface area contributed by atoms with Gasteiger partial charge in [0, 0.05) is 30.0 Å². The Bertz CT molecular complexity index is 1300. The Kier molecular flexibility index (Phi) is 6.80. The van der Waals surface area contributed by atoms with Crippen LogP contribution in [0.1, 0.15) is 51.7 Å². The summed E-state index contributed by atoms with van der Waals surface area (Å²) in [7, 11) is -3.70. The highest BCUT2D eigenvalue weighted by molar-refractivity contribution is 7.89. The first kappa shape index (κ1) is 24.4. The minimum Gasteiger partial charge on any atom is -0.379 e. The van der Waals surface area contributed by atoms with Crippen LogP contribution in [0.5, 0.6) is 0 Å². The number of benzene rings is 1. The van der Waals surface area contributed by atoms with E-state index < -0.39 is 10.0 Å². The average molecular weight is 485 g/mol. The Labute approximate surface area is 201 Å². The molecule has 3 aromatic rings. The summed E-state index contributed by atoms with van der Waals surface area (Å²) < 4.78 is 36.9. The number of carbonyl (C=O) groups is 1. The quantitative estimate of drug-likeness (QED) is 0.480. The summed E-state index contributed by atoms with van der Waals surface area (Å²) in [5.74, 6) is -0.0967. The molecule has 1 aliphatic rings. The minimum absolute atomic E-state index is 0.0185. The fourth-order valence-corrected chi connectivity index (χ4v) is 6.66. The van der Waals surface area contributed by atoms with Gasteiger partial charge < -0.3 is 9.30 Å². The highest BCUT2D eigenvalue weighted by Crippen LogP contribution is 2.27. The number of nitrogens with zero attached hydrogens (tertiary/aromatic N) is 4. The molecular weight excluding hydrogens is 452 g/mol. The standard InChI is InChI=1S/C25H32N4O4S/c1-17-15-23(20(4)29(17)19(3)22-9-7-6-8-10-22)24(30)16-28-21(5)25(18(2)26-28)34(31,32)27-11-13-33-14-12-27/h6-10,15,19H,11-14,16H2,1-5H3/t19-/m0/s1. The fourth-order valence-electron chi connectivity index (χ4n) is 4.88. The van der Waals surface area contributed by atoms with Crippen LogP contribution in [0, 0.1) is 27.7 Å². The third-order valence-corrected chi connectivity index (χ3v) is 8.78. The van der Waals surface area contributed by atoms with E-state index in [0.29, 0.717) is 43.3 Å². The first-order chi connectivity index (χ1) is 16.1. The SMILES string of the molecule is Cc1nn(CC(=O)c2cc(C)n([C@@H](C)c3ccccc3)c2C)c(C)c1S(=O)(=O)N1CCOCC1. The van der Waals surface area contributed by atoms with Crippen LogP contribution >= 0.6 is 0 Å². The Hall–Kier alpha value is -2.75. The smallest absolute Gasteiger partial charge is 0.246 e. The van der Waals surface area contributed by atoms with Gasteiger partial charge in [-0.1, -0.05) is 30.3 Å². The zero-order valence-corrected chi connectivity index (χ0v) is 21.2. The third kappa shape index (κ3) is 4.35. The summed E-state index contributed by atoms with van der Waals surface area (Å²) >= 11 is 0. The predicted molar refractivity (Wildman–Crippen MR) is 130 cm³/mol. The number of ketones is 1. The molecule has 1 fully saturated rings. The van der Waals surface area contributed by atoms with E-state index in [-0.39, 0.29) is 23.3 Å². The molecule has 9 heteroatoms. The number of ether oxygens (including phenoxy) is 1. The molecule has 0 amide bonds. The molecule has 182 valence electrons. The number of aromatic nitrogens is 3. The number of sulfonamides is 1. The molecule has 8 nitrogen and oxygen atoms in total. The van der Waals surface area contributed by atoms with E-state index in [2.05, 4.69) is 28.7 Å². The van der Waals surface area contributed by atoms with Gasteiger partial charge in [-0.05, 0) is 46.2 Å². The number of morpholine rings is 1. The maximum absolute atomic E-state index is 13.3. The van der Waals surface area contributed by atoms with E-state index in [4.69, 9.17) is 4.74 Å². The van der Waals surface area contributed by atoms with Crippen molar-refractivity contribution in [2.24, 2.45) is 0 Å². The highest BCUT2D eigenvalue weighted by Gasteiger charge is 2.32. The summed E-state index contributed by atoms with van der Waals surface area (Å²) in [4.78, 5) is 13.5. The topological polar surface area (TPSA) is 86.4 Å². The molecule has 34 heavy (non-hydrogen) atoms. The largest absolute Gasteiger partial charge is 0.379 e. The Morgan fingerprint density at radius 3 is 2.35 bits per heavy atom. The van der Waals surface area contributed by atoms with E-state index >= 15 is 0 Å². The predicted octanol–water partition coefficient (Wildman–Crippen LogP) is 3.43. The number of Topliss-reactive ketones (excluding diaryl/α,β-unsaturated/α-hetero) is 1. The number of aryl methyl sites for hydroxylation is 2. The molecule has 1 atom stereocenters. The van der Waals surface area contributed by atoms with E-state index in [1.165, 1.54) is 14.6 Å². The van der Waals surface area contributed by atoms with Crippen LogP contribution in [-0.4, -0.2) is 59.2 Å². The molecule has 2 aromatic heterocycles. The van der Waals surface area contributed by atoms with Crippen LogP contribution in [0.3, 0.4) is 0 Å². The third-order valence-electron chi connectivity index (χ3n) is 6.63. The molecule has 0 N–H and O–H groups in total. The lowest BCUT2D eigenvalue weighted by Crippen LogP contribution is -2.41. The Balaban J connectivity index is 1.61. The van der Waals surface area contributed by atoms with Crippen molar-refractivity contribution in [2.75, 3.05) is 26.3 Å². The van der Waals surface area contributed by atoms with Gasteiger partial charge in [0.05, 0.1) is 30.6 Å². The molecule has 0 radical (unpaired) electrons. The highest BCUT2D eigenvalue weighted by atomic mass is 32.2. The van der Waals surface area contributed by atoms with Crippen molar-refractivity contribution in [2.45, 2.75) is 52.1 Å². The second-order valence-corrected chi connectivity index (χ2v) is 10.7. The van der Waals surface area contributed by atoms with Crippen molar-refractivity contribution >= 4 is 15.8 Å². The molecule has 0 spiro atoms. The molecular formula is C25H32N4O4S. The monoisotopic (exact) mass is 484 g/mol. The van der Waals surface area contributed by atoms with Gasteiger partial charge in [-0.2, -0.15) is 9.40 Å². The Morgan fingerprint density at radius 2 is 1.71 bits per heavy atom. The molecule has 1 saturated heterocycles. The van der Waals surface area contributed by atoms with Gasteiger partial charge in [0.25, 0.3) is 0 Å². The van der Waals surface area contributed by atoms with Crippen molar-refractivity contribution in [1.82, 2.24) is 18.7 Å². The first-order valence-corrected chi connectivity index (χ1v) is 13.0. The number of carbonyl (C=O) groups excluding carboxylic acids is 1. The van der Waals surface area contributed by atoms with Crippen LogP contribution < -0.4 is 0 Å². The van der Waals surface area contributed by atoms with Crippen molar-refractivity contribution in [3.05, 3.63) is 70.3 Å². The molecule has 1 aliphatic heterocycles.